The van der Waals surface area contributed by atoms with Crippen molar-refractivity contribution in [1.29, 1.82) is 0 Å². The van der Waals surface area contributed by atoms with Crippen molar-refractivity contribution in [2.45, 2.75) is 6.54 Å². The second-order valence-corrected chi connectivity index (χ2v) is 5.21. The summed E-state index contributed by atoms with van der Waals surface area (Å²) in [6.45, 7) is 0.620. The largest absolute Gasteiger partial charge is 0.496 e. The number of rotatable bonds is 4. The summed E-state index contributed by atoms with van der Waals surface area (Å²) in [6.07, 6.45) is 2.83. The molecule has 0 saturated heterocycles. The average Bonchev–Trinajstić information content (AvgIpc) is 2.92. The lowest BCUT2D eigenvalue weighted by Gasteiger charge is -2.11. The van der Waals surface area contributed by atoms with Crippen LogP contribution in [0, 0.1) is 0 Å². The molecule has 1 heterocycles. The Kier molecular flexibility index (Phi) is 3.67. The fraction of sp³-hybridized carbons (Fsp3) is 0.118. The minimum Gasteiger partial charge on any atom is -0.496 e. The van der Waals surface area contributed by atoms with Crippen LogP contribution in [-0.2, 0) is 6.54 Å². The maximum Gasteiger partial charge on any atom is 0.150 e. The number of fused-ring (bicyclic) bond motifs is 1. The summed E-state index contributed by atoms with van der Waals surface area (Å²) in [7, 11) is 1.63. The van der Waals surface area contributed by atoms with Crippen LogP contribution in [0.5, 0.6) is 5.75 Å². The lowest BCUT2D eigenvalue weighted by atomic mass is 10.1. The predicted octanol–water partition coefficient (Wildman–Crippen LogP) is 4.16. The Morgan fingerprint density at radius 3 is 2.86 bits per heavy atom. The molecule has 4 heteroatoms. The first kappa shape index (κ1) is 13.7. The SMILES string of the molecule is COc1ccc(C=O)cc1Cn1ccc2c(Cl)cccc21. The highest BCUT2D eigenvalue weighted by Gasteiger charge is 2.08. The predicted molar refractivity (Wildman–Crippen MR) is 84.4 cm³/mol. The highest BCUT2D eigenvalue weighted by Crippen LogP contribution is 2.27. The molecule has 0 aliphatic rings. The lowest BCUT2D eigenvalue weighted by Crippen LogP contribution is -2.01. The van der Waals surface area contributed by atoms with Gasteiger partial charge in [0, 0.05) is 33.2 Å². The number of halogens is 1. The van der Waals surface area contributed by atoms with Crippen molar-refractivity contribution in [1.82, 2.24) is 4.57 Å². The summed E-state index contributed by atoms with van der Waals surface area (Å²) >= 11 is 6.20. The molecule has 0 aliphatic carbocycles. The van der Waals surface area contributed by atoms with Crippen LogP contribution in [0.4, 0.5) is 0 Å². The first-order chi connectivity index (χ1) is 10.2. The van der Waals surface area contributed by atoms with E-state index in [9.17, 15) is 4.79 Å². The average molecular weight is 300 g/mol. The molecule has 3 rings (SSSR count). The van der Waals surface area contributed by atoms with E-state index in [1.807, 2.05) is 42.6 Å². The van der Waals surface area contributed by atoms with Crippen LogP contribution in [-0.4, -0.2) is 18.0 Å². The molecule has 0 saturated carbocycles. The Morgan fingerprint density at radius 1 is 1.24 bits per heavy atom. The third-order valence-corrected chi connectivity index (χ3v) is 3.87. The second-order valence-electron chi connectivity index (χ2n) is 4.81. The zero-order chi connectivity index (χ0) is 14.8. The molecular weight excluding hydrogens is 286 g/mol. The number of benzene rings is 2. The van der Waals surface area contributed by atoms with Gasteiger partial charge in [-0.15, -0.1) is 0 Å². The van der Waals surface area contributed by atoms with Crippen LogP contribution < -0.4 is 4.74 Å². The summed E-state index contributed by atoms with van der Waals surface area (Å²) in [4.78, 5) is 11.0. The number of aromatic nitrogens is 1. The summed E-state index contributed by atoms with van der Waals surface area (Å²) in [5, 5.41) is 1.75. The van der Waals surface area contributed by atoms with Gasteiger partial charge < -0.3 is 9.30 Å². The molecule has 0 aliphatic heterocycles. The van der Waals surface area contributed by atoms with Crippen molar-refractivity contribution in [3.8, 4) is 5.75 Å². The quantitative estimate of drug-likeness (QED) is 0.677. The Hall–Kier alpha value is -2.26. The lowest BCUT2D eigenvalue weighted by molar-refractivity contribution is 0.112. The van der Waals surface area contributed by atoms with E-state index < -0.39 is 0 Å². The first-order valence-electron chi connectivity index (χ1n) is 6.58. The molecule has 0 amide bonds. The van der Waals surface area contributed by atoms with Crippen LogP contribution in [0.15, 0.2) is 48.7 Å². The van der Waals surface area contributed by atoms with Gasteiger partial charge in [0.05, 0.1) is 13.7 Å². The number of hydrogen-bond donors (Lipinski definition) is 0. The topological polar surface area (TPSA) is 31.2 Å². The van der Waals surface area contributed by atoms with E-state index in [-0.39, 0.29) is 0 Å². The fourth-order valence-corrected chi connectivity index (χ4v) is 2.74. The molecule has 2 aromatic carbocycles. The smallest absolute Gasteiger partial charge is 0.150 e. The van der Waals surface area contributed by atoms with E-state index >= 15 is 0 Å². The van der Waals surface area contributed by atoms with Crippen molar-refractivity contribution in [2.75, 3.05) is 7.11 Å². The van der Waals surface area contributed by atoms with Crippen molar-refractivity contribution in [3.63, 3.8) is 0 Å². The van der Waals surface area contributed by atoms with Gasteiger partial charge in [0.2, 0.25) is 0 Å². The van der Waals surface area contributed by atoms with E-state index in [2.05, 4.69) is 4.57 Å². The van der Waals surface area contributed by atoms with Crippen LogP contribution in [0.1, 0.15) is 15.9 Å². The molecule has 0 N–H and O–H groups in total. The van der Waals surface area contributed by atoms with E-state index in [4.69, 9.17) is 16.3 Å². The third-order valence-electron chi connectivity index (χ3n) is 3.54. The molecule has 0 unspecified atom stereocenters. The third kappa shape index (κ3) is 2.52. The van der Waals surface area contributed by atoms with Crippen LogP contribution in [0.3, 0.4) is 0 Å². The Balaban J connectivity index is 2.06. The number of carbonyl (C=O) groups is 1. The zero-order valence-corrected chi connectivity index (χ0v) is 12.3. The van der Waals surface area contributed by atoms with Gasteiger partial charge in [0.25, 0.3) is 0 Å². The van der Waals surface area contributed by atoms with Gasteiger partial charge in [-0.25, -0.2) is 0 Å². The van der Waals surface area contributed by atoms with E-state index in [1.165, 1.54) is 0 Å². The molecule has 0 bridgehead atoms. The normalized spacial score (nSPS) is 10.8. The Labute approximate surface area is 127 Å². The van der Waals surface area contributed by atoms with Gasteiger partial charge in [0.1, 0.15) is 12.0 Å². The number of methoxy groups -OCH3 is 1. The van der Waals surface area contributed by atoms with Gasteiger partial charge in [0.15, 0.2) is 0 Å². The molecule has 21 heavy (non-hydrogen) atoms. The Bertz CT molecular complexity index is 808. The standard InChI is InChI=1S/C17H14ClNO2/c1-21-17-6-5-12(11-20)9-13(17)10-19-8-7-14-15(18)3-2-4-16(14)19/h2-9,11H,10H2,1H3. The summed E-state index contributed by atoms with van der Waals surface area (Å²) < 4.78 is 7.46. The van der Waals surface area contributed by atoms with Crippen molar-refractivity contribution in [2.24, 2.45) is 0 Å². The molecule has 3 aromatic rings. The number of aldehydes is 1. The maximum atomic E-state index is 11.0. The van der Waals surface area contributed by atoms with E-state index in [0.29, 0.717) is 12.1 Å². The molecule has 0 fully saturated rings. The minimum absolute atomic E-state index is 0.620. The fourth-order valence-electron chi connectivity index (χ4n) is 2.50. The highest BCUT2D eigenvalue weighted by molar-refractivity contribution is 6.35. The van der Waals surface area contributed by atoms with E-state index in [0.717, 1.165) is 33.5 Å². The summed E-state index contributed by atoms with van der Waals surface area (Å²) in [6, 6.07) is 13.2. The molecule has 0 spiro atoms. The van der Waals surface area contributed by atoms with Crippen LogP contribution in [0.2, 0.25) is 5.02 Å². The monoisotopic (exact) mass is 299 g/mol. The first-order valence-corrected chi connectivity index (χ1v) is 6.96. The number of ether oxygens (including phenoxy) is 1. The summed E-state index contributed by atoms with van der Waals surface area (Å²) in [5.41, 5.74) is 2.65. The van der Waals surface area contributed by atoms with Crippen LogP contribution in [0.25, 0.3) is 10.9 Å². The second kappa shape index (κ2) is 5.62. The van der Waals surface area contributed by atoms with E-state index in [1.54, 1.807) is 13.2 Å². The molecule has 106 valence electrons. The molecular formula is C17H14ClNO2. The van der Waals surface area contributed by atoms with Gasteiger partial charge in [-0.05, 0) is 36.4 Å². The molecule has 3 nitrogen and oxygen atoms in total. The minimum atomic E-state index is 0.620. The number of nitrogens with zero attached hydrogens (tertiary/aromatic N) is 1. The van der Waals surface area contributed by atoms with Gasteiger partial charge in [-0.1, -0.05) is 17.7 Å². The Morgan fingerprint density at radius 2 is 2.10 bits per heavy atom. The number of hydrogen-bond acceptors (Lipinski definition) is 2. The van der Waals surface area contributed by atoms with Gasteiger partial charge in [-0.2, -0.15) is 0 Å². The number of carbonyl (C=O) groups excluding carboxylic acids is 1. The van der Waals surface area contributed by atoms with Gasteiger partial charge >= 0.3 is 0 Å². The summed E-state index contributed by atoms with van der Waals surface area (Å²) in [5.74, 6) is 0.768. The van der Waals surface area contributed by atoms with Crippen molar-refractivity contribution >= 4 is 28.8 Å². The molecule has 0 atom stereocenters. The molecule has 1 aromatic heterocycles. The van der Waals surface area contributed by atoms with Crippen LogP contribution >= 0.6 is 11.6 Å². The van der Waals surface area contributed by atoms with Crippen molar-refractivity contribution in [3.05, 3.63) is 64.8 Å². The maximum absolute atomic E-state index is 11.0. The van der Waals surface area contributed by atoms with Crippen molar-refractivity contribution < 1.29 is 9.53 Å². The van der Waals surface area contributed by atoms with Gasteiger partial charge in [-0.3, -0.25) is 4.79 Å². The molecule has 0 radical (unpaired) electrons. The zero-order valence-electron chi connectivity index (χ0n) is 11.5. The highest BCUT2D eigenvalue weighted by atomic mass is 35.5.